The number of hydrogen-bond donors (Lipinski definition) is 0. The summed E-state index contributed by atoms with van der Waals surface area (Å²) in [4.78, 5) is 14.0. The molecule has 1 aromatic heterocycles. The van der Waals surface area contributed by atoms with E-state index >= 15 is 0 Å². The van der Waals surface area contributed by atoms with Gasteiger partial charge in [-0.05, 0) is 25.1 Å². The number of aryl methyl sites for hydroxylation is 1. The van der Waals surface area contributed by atoms with E-state index in [9.17, 15) is 4.79 Å². The fourth-order valence-electron chi connectivity index (χ4n) is 2.99. The highest BCUT2D eigenvalue weighted by atomic mass is 35.5. The van der Waals surface area contributed by atoms with Crippen molar-refractivity contribution < 1.29 is 4.79 Å². The smallest absolute Gasteiger partial charge is 0.279 e. The molecule has 1 aliphatic rings. The van der Waals surface area contributed by atoms with Crippen molar-refractivity contribution in [3.63, 3.8) is 0 Å². The molecule has 0 aliphatic carbocycles. The number of carbonyl (C=O) groups excluding carboxylic acids is 1. The molecule has 0 bridgehead atoms. The van der Waals surface area contributed by atoms with Crippen LogP contribution in [0.2, 0.25) is 5.15 Å². The molecule has 0 unspecified atom stereocenters. The third-order valence-electron chi connectivity index (χ3n) is 4.42. The Morgan fingerprint density at radius 1 is 1.07 bits per heavy atom. The van der Waals surface area contributed by atoms with E-state index in [2.05, 4.69) is 15.3 Å². The number of halogens is 1. The summed E-state index contributed by atoms with van der Waals surface area (Å²) in [7, 11) is 1.72. The number of nitrogens with zero attached hydrogens (tertiary/aromatic N) is 5. The van der Waals surface area contributed by atoms with Crippen molar-refractivity contribution >= 4 is 35.1 Å². The van der Waals surface area contributed by atoms with Crippen LogP contribution in [0.15, 0.2) is 64.8 Å². The maximum Gasteiger partial charge on any atom is 0.279 e. The summed E-state index contributed by atoms with van der Waals surface area (Å²) in [5.41, 5.74) is 4.15. The predicted octanol–water partition coefficient (Wildman–Crippen LogP) is 3.63. The number of amides is 1. The summed E-state index contributed by atoms with van der Waals surface area (Å²) in [6, 6.07) is 17.1. The van der Waals surface area contributed by atoms with Crippen LogP contribution in [0.25, 0.3) is 5.69 Å². The Morgan fingerprint density at radius 2 is 1.78 bits per heavy atom. The number of fused-ring (bicyclic) bond motifs is 1. The molecule has 0 N–H and O–H groups in total. The minimum Gasteiger partial charge on any atom is -0.309 e. The lowest BCUT2D eigenvalue weighted by Crippen LogP contribution is -2.25. The molecule has 0 fully saturated rings. The van der Waals surface area contributed by atoms with Crippen molar-refractivity contribution in [1.82, 2.24) is 9.78 Å². The first-order valence-electron chi connectivity index (χ1n) is 8.37. The lowest BCUT2D eigenvalue weighted by Gasteiger charge is -2.07. The van der Waals surface area contributed by atoms with Gasteiger partial charge in [-0.1, -0.05) is 48.0 Å². The van der Waals surface area contributed by atoms with E-state index in [0.717, 1.165) is 22.6 Å². The Balaban J connectivity index is 1.68. The molecule has 3 aromatic rings. The summed E-state index contributed by atoms with van der Waals surface area (Å²) in [5, 5.41) is 13.2. The van der Waals surface area contributed by atoms with E-state index in [1.165, 1.54) is 6.21 Å². The molecular formula is C20H16ClN5O. The molecule has 4 rings (SSSR count). The molecule has 0 radical (unpaired) electrons. The van der Waals surface area contributed by atoms with Crippen molar-refractivity contribution in [1.29, 1.82) is 0 Å². The van der Waals surface area contributed by atoms with Gasteiger partial charge in [-0.2, -0.15) is 10.2 Å². The maximum absolute atomic E-state index is 12.4. The second-order valence-corrected chi connectivity index (χ2v) is 6.47. The van der Waals surface area contributed by atoms with E-state index < -0.39 is 0 Å². The molecular weight excluding hydrogens is 362 g/mol. The maximum atomic E-state index is 12.4. The standard InChI is InChI=1S/C20H16ClN5O/c1-13-16(19(21)26(24-13)14-8-4-3-5-9-14)12-22-23-18-15-10-6-7-11-17(15)25(2)20(18)27/h3-12H,1-2H3/b22-12-,23-18+. The van der Waals surface area contributed by atoms with Crippen LogP contribution >= 0.6 is 11.6 Å². The van der Waals surface area contributed by atoms with Crippen LogP contribution in [0.3, 0.4) is 0 Å². The van der Waals surface area contributed by atoms with E-state index in [1.54, 1.807) is 16.6 Å². The number of hydrogen-bond acceptors (Lipinski definition) is 4. The Morgan fingerprint density at radius 3 is 2.56 bits per heavy atom. The van der Waals surface area contributed by atoms with Gasteiger partial charge in [0, 0.05) is 12.6 Å². The van der Waals surface area contributed by atoms with Gasteiger partial charge < -0.3 is 4.90 Å². The minimum absolute atomic E-state index is 0.184. The van der Waals surface area contributed by atoms with Crippen LogP contribution in [0.1, 0.15) is 16.8 Å². The number of rotatable bonds is 3. The van der Waals surface area contributed by atoms with Gasteiger partial charge >= 0.3 is 0 Å². The first-order valence-corrected chi connectivity index (χ1v) is 8.74. The molecule has 6 nitrogen and oxygen atoms in total. The largest absolute Gasteiger partial charge is 0.309 e. The molecule has 134 valence electrons. The van der Waals surface area contributed by atoms with Gasteiger partial charge in [-0.3, -0.25) is 4.79 Å². The number of likely N-dealkylation sites (N-methyl/N-ethyl adjacent to an activating group) is 1. The van der Waals surface area contributed by atoms with Crippen LogP contribution in [0.4, 0.5) is 5.69 Å². The predicted molar refractivity (Wildman–Crippen MR) is 107 cm³/mol. The van der Waals surface area contributed by atoms with Gasteiger partial charge in [0.15, 0.2) is 5.71 Å². The molecule has 27 heavy (non-hydrogen) atoms. The second kappa shape index (κ2) is 6.81. The molecule has 7 heteroatoms. The van der Waals surface area contributed by atoms with Gasteiger partial charge in [0.25, 0.3) is 5.91 Å². The fourth-order valence-corrected chi connectivity index (χ4v) is 3.31. The van der Waals surface area contributed by atoms with E-state index in [-0.39, 0.29) is 5.91 Å². The monoisotopic (exact) mass is 377 g/mol. The summed E-state index contributed by atoms with van der Waals surface area (Å²) in [6.45, 7) is 1.85. The SMILES string of the molecule is Cc1nn(-c2ccccc2)c(Cl)c1/C=N\N=C1\C(=O)N(C)c2ccccc21. The van der Waals surface area contributed by atoms with Crippen LogP contribution in [-0.4, -0.2) is 34.7 Å². The number of para-hydroxylation sites is 2. The van der Waals surface area contributed by atoms with Gasteiger partial charge in [0.1, 0.15) is 5.15 Å². The van der Waals surface area contributed by atoms with E-state index in [1.807, 2.05) is 61.5 Å². The van der Waals surface area contributed by atoms with E-state index in [4.69, 9.17) is 11.6 Å². The van der Waals surface area contributed by atoms with Crippen LogP contribution < -0.4 is 4.90 Å². The van der Waals surface area contributed by atoms with E-state index in [0.29, 0.717) is 16.4 Å². The van der Waals surface area contributed by atoms with Crippen LogP contribution in [0, 0.1) is 6.92 Å². The van der Waals surface area contributed by atoms with Crippen molar-refractivity contribution in [2.45, 2.75) is 6.92 Å². The number of anilines is 1. The molecule has 2 heterocycles. The molecule has 2 aromatic carbocycles. The Bertz CT molecular complexity index is 1090. The normalized spacial score (nSPS) is 15.1. The summed E-state index contributed by atoms with van der Waals surface area (Å²) in [6.07, 6.45) is 1.53. The van der Waals surface area contributed by atoms with Gasteiger partial charge in [-0.25, -0.2) is 4.68 Å². The molecule has 0 saturated carbocycles. The minimum atomic E-state index is -0.184. The van der Waals surface area contributed by atoms with Gasteiger partial charge in [-0.15, -0.1) is 5.10 Å². The first-order chi connectivity index (χ1) is 13.1. The topological polar surface area (TPSA) is 62.9 Å². The fraction of sp³-hybridized carbons (Fsp3) is 0.100. The Hall–Kier alpha value is -3.25. The zero-order chi connectivity index (χ0) is 19.0. The number of carbonyl (C=O) groups is 1. The lowest BCUT2D eigenvalue weighted by atomic mass is 10.1. The van der Waals surface area contributed by atoms with Gasteiger partial charge in [0.2, 0.25) is 0 Å². The van der Waals surface area contributed by atoms with Crippen molar-refractivity contribution in [2.24, 2.45) is 10.2 Å². The summed E-state index contributed by atoms with van der Waals surface area (Å²) < 4.78 is 1.65. The lowest BCUT2D eigenvalue weighted by molar-refractivity contribution is -0.111. The number of benzene rings is 2. The molecule has 1 amide bonds. The second-order valence-electron chi connectivity index (χ2n) is 6.11. The Labute approximate surface area is 161 Å². The van der Waals surface area contributed by atoms with Crippen LogP contribution in [0.5, 0.6) is 0 Å². The third kappa shape index (κ3) is 2.94. The molecule has 0 atom stereocenters. The average molecular weight is 378 g/mol. The average Bonchev–Trinajstić information content (AvgIpc) is 3.11. The third-order valence-corrected chi connectivity index (χ3v) is 4.78. The summed E-state index contributed by atoms with van der Waals surface area (Å²) in [5.74, 6) is -0.184. The van der Waals surface area contributed by atoms with Crippen molar-refractivity contribution in [3.05, 3.63) is 76.6 Å². The van der Waals surface area contributed by atoms with Gasteiger partial charge in [0.05, 0.1) is 28.8 Å². The summed E-state index contributed by atoms with van der Waals surface area (Å²) >= 11 is 6.48. The zero-order valence-corrected chi connectivity index (χ0v) is 15.6. The van der Waals surface area contributed by atoms with Crippen molar-refractivity contribution in [2.75, 3.05) is 11.9 Å². The molecule has 0 spiro atoms. The highest BCUT2D eigenvalue weighted by Gasteiger charge is 2.31. The highest BCUT2D eigenvalue weighted by Crippen LogP contribution is 2.27. The Kier molecular flexibility index (Phi) is 4.33. The first kappa shape index (κ1) is 17.2. The quantitative estimate of drug-likeness (QED) is 0.516. The van der Waals surface area contributed by atoms with Crippen molar-refractivity contribution in [3.8, 4) is 5.69 Å². The van der Waals surface area contributed by atoms with Crippen LogP contribution in [-0.2, 0) is 4.79 Å². The molecule has 1 aliphatic heterocycles. The zero-order valence-electron chi connectivity index (χ0n) is 14.8. The highest BCUT2D eigenvalue weighted by molar-refractivity contribution is 6.54. The number of aromatic nitrogens is 2. The molecule has 0 saturated heterocycles.